The van der Waals surface area contributed by atoms with Crippen LogP contribution < -0.4 is 5.32 Å². The maximum Gasteiger partial charge on any atom is 0.303 e. The molecular formula is C32H61N5O7S. The Morgan fingerprint density at radius 3 is 1.96 bits per heavy atom. The molecule has 1 atom stereocenters. The average Bonchev–Trinajstić information content (AvgIpc) is 3.50. The number of carboxylic acid groups (broad SMARTS) is 1. The molecular weight excluding hydrogens is 598 g/mol. The molecule has 1 aromatic heterocycles. The Morgan fingerprint density at radius 2 is 1.38 bits per heavy atom. The molecule has 3 N–H and O–H groups in total. The smallest absolute Gasteiger partial charge is 0.303 e. The number of nitrogens with zero attached hydrogens (tertiary/aromatic N) is 3. The van der Waals surface area contributed by atoms with Gasteiger partial charge in [-0.2, -0.15) is 5.21 Å². The highest BCUT2D eigenvalue weighted by Crippen LogP contribution is 2.14. The SMILES string of the molecule is C[C@H](CCCCNC(=O)CCCS(=O)(=O)CC(=O)CCCCCCCCCCCCCCCc1nn[nH]n1)C(=O)CCC(=O)O.[HH].[HH]. The molecule has 0 aliphatic heterocycles. The number of tetrazole rings is 1. The van der Waals surface area contributed by atoms with Gasteiger partial charge < -0.3 is 10.4 Å². The van der Waals surface area contributed by atoms with E-state index >= 15 is 0 Å². The van der Waals surface area contributed by atoms with E-state index in [9.17, 15) is 27.6 Å². The lowest BCUT2D eigenvalue weighted by atomic mass is 9.96. The third-order valence-corrected chi connectivity index (χ3v) is 9.68. The average molecular weight is 660 g/mol. The van der Waals surface area contributed by atoms with E-state index in [4.69, 9.17) is 5.11 Å². The van der Waals surface area contributed by atoms with Crippen LogP contribution in [0, 0.1) is 5.92 Å². The Hall–Kier alpha value is -2.70. The fraction of sp³-hybridized carbons (Fsp3) is 0.844. The molecule has 0 unspecified atom stereocenters. The minimum atomic E-state index is -3.52. The molecule has 1 heterocycles. The maximum absolute atomic E-state index is 12.3. The van der Waals surface area contributed by atoms with Crippen LogP contribution in [-0.2, 0) is 35.4 Å². The highest BCUT2D eigenvalue weighted by molar-refractivity contribution is 7.92. The first-order chi connectivity index (χ1) is 21.6. The third kappa shape index (κ3) is 24.2. The van der Waals surface area contributed by atoms with Crippen LogP contribution in [0.3, 0.4) is 0 Å². The van der Waals surface area contributed by atoms with Crippen molar-refractivity contribution >= 4 is 33.3 Å². The summed E-state index contributed by atoms with van der Waals surface area (Å²) in [5.41, 5.74) is 0. The second-order valence-electron chi connectivity index (χ2n) is 12.3. The molecule has 12 nitrogen and oxygen atoms in total. The van der Waals surface area contributed by atoms with Crippen LogP contribution in [0.25, 0.3) is 0 Å². The number of aliphatic carboxylic acids is 1. The van der Waals surface area contributed by atoms with Crippen LogP contribution in [0.5, 0.6) is 0 Å². The Kier molecular flexibility index (Phi) is 22.8. The first kappa shape index (κ1) is 40.3. The van der Waals surface area contributed by atoms with E-state index in [1.54, 1.807) is 6.92 Å². The Balaban J connectivity index is 0. The van der Waals surface area contributed by atoms with Gasteiger partial charge in [0.25, 0.3) is 0 Å². The Morgan fingerprint density at radius 1 is 0.778 bits per heavy atom. The lowest BCUT2D eigenvalue weighted by Crippen LogP contribution is -2.25. The molecule has 45 heavy (non-hydrogen) atoms. The first-order valence-electron chi connectivity index (χ1n) is 17.0. The van der Waals surface area contributed by atoms with Gasteiger partial charge in [0.1, 0.15) is 17.3 Å². The van der Waals surface area contributed by atoms with Crippen molar-refractivity contribution in [3.63, 3.8) is 0 Å². The van der Waals surface area contributed by atoms with Gasteiger partial charge in [0.15, 0.2) is 15.7 Å². The summed E-state index contributed by atoms with van der Waals surface area (Å²) in [7, 11) is -3.52. The monoisotopic (exact) mass is 659 g/mol. The summed E-state index contributed by atoms with van der Waals surface area (Å²) >= 11 is 0. The zero-order valence-electron chi connectivity index (χ0n) is 27.4. The second kappa shape index (κ2) is 25.5. The number of unbranched alkanes of at least 4 members (excludes halogenated alkanes) is 13. The van der Waals surface area contributed by atoms with Gasteiger partial charge >= 0.3 is 5.97 Å². The highest BCUT2D eigenvalue weighted by atomic mass is 32.2. The van der Waals surface area contributed by atoms with E-state index in [0.717, 1.165) is 50.8 Å². The predicted molar refractivity (Wildman–Crippen MR) is 178 cm³/mol. The molecule has 1 rings (SSSR count). The number of carbonyl (C=O) groups excluding carboxylic acids is 3. The van der Waals surface area contributed by atoms with Crippen LogP contribution in [0.2, 0.25) is 0 Å². The van der Waals surface area contributed by atoms with Gasteiger partial charge in [-0.1, -0.05) is 89.2 Å². The first-order valence-corrected chi connectivity index (χ1v) is 18.9. The number of rotatable bonds is 31. The molecule has 0 aliphatic carbocycles. The molecule has 0 aromatic carbocycles. The number of H-pyrrole nitrogens is 1. The summed E-state index contributed by atoms with van der Waals surface area (Å²) in [6.07, 6.45) is 18.4. The van der Waals surface area contributed by atoms with E-state index in [-0.39, 0.29) is 57.7 Å². The molecule has 0 fully saturated rings. The van der Waals surface area contributed by atoms with Gasteiger partial charge in [-0.25, -0.2) is 8.42 Å². The number of ketones is 2. The van der Waals surface area contributed by atoms with Gasteiger partial charge in [0.05, 0.1) is 12.2 Å². The number of hydrogen-bond acceptors (Lipinski definition) is 9. The van der Waals surface area contributed by atoms with Crippen molar-refractivity contribution in [2.75, 3.05) is 18.1 Å². The minimum absolute atomic E-state index is 0. The van der Waals surface area contributed by atoms with Crippen molar-refractivity contribution in [2.45, 2.75) is 148 Å². The second-order valence-corrected chi connectivity index (χ2v) is 14.4. The summed E-state index contributed by atoms with van der Waals surface area (Å²) < 4.78 is 24.6. The number of aryl methyl sites for hydroxylation is 1. The van der Waals surface area contributed by atoms with Gasteiger partial charge in [0.2, 0.25) is 5.91 Å². The number of hydrogen-bond donors (Lipinski definition) is 3. The van der Waals surface area contributed by atoms with Crippen LogP contribution in [0.15, 0.2) is 0 Å². The molecule has 1 aromatic rings. The van der Waals surface area contributed by atoms with Crippen LogP contribution in [0.4, 0.5) is 0 Å². The molecule has 13 heteroatoms. The van der Waals surface area contributed by atoms with E-state index in [2.05, 4.69) is 25.9 Å². The van der Waals surface area contributed by atoms with Crippen molar-refractivity contribution in [1.29, 1.82) is 0 Å². The molecule has 0 radical (unpaired) electrons. The van der Waals surface area contributed by atoms with Crippen molar-refractivity contribution in [3.05, 3.63) is 5.82 Å². The van der Waals surface area contributed by atoms with Gasteiger partial charge in [-0.05, 0) is 32.1 Å². The summed E-state index contributed by atoms with van der Waals surface area (Å²) in [6, 6.07) is 0. The quantitative estimate of drug-likeness (QED) is 0.0820. The number of nitrogens with one attached hydrogen (secondary N) is 2. The molecule has 0 bridgehead atoms. The number of carbonyl (C=O) groups is 4. The Bertz CT molecular complexity index is 1080. The maximum atomic E-state index is 12.3. The van der Waals surface area contributed by atoms with Crippen molar-refractivity contribution in [2.24, 2.45) is 5.92 Å². The number of sulfone groups is 1. The summed E-state index contributed by atoms with van der Waals surface area (Å²) in [6.45, 7) is 2.22. The van der Waals surface area contributed by atoms with Crippen LogP contribution >= 0.6 is 0 Å². The minimum Gasteiger partial charge on any atom is -0.481 e. The molecule has 0 spiro atoms. The van der Waals surface area contributed by atoms with E-state index < -0.39 is 21.6 Å². The van der Waals surface area contributed by atoms with E-state index in [1.807, 2.05) is 0 Å². The number of aromatic amines is 1. The standard InChI is InChI=1S/C32H57N5O7S.2H2/c1-27(29(39)22-23-32(41)42)18-15-16-24-33-31(40)21-17-25-45(43,44)26-28(38)19-13-11-9-7-5-3-2-4-6-8-10-12-14-20-30-34-36-37-35-30;;/h27H,2-26H2,1H3,(H,33,40)(H,41,42)(H,34,35,36,37);2*1H/t27-;;/m1../s1. The largest absolute Gasteiger partial charge is 0.481 e. The zero-order valence-corrected chi connectivity index (χ0v) is 28.2. The van der Waals surface area contributed by atoms with E-state index in [1.165, 1.54) is 51.4 Å². The predicted octanol–water partition coefficient (Wildman–Crippen LogP) is 5.82. The molecule has 262 valence electrons. The number of Topliss-reactive ketones (excluding diaryl/α,β-unsaturated/α-hetero) is 2. The number of aromatic nitrogens is 4. The third-order valence-electron chi connectivity index (χ3n) is 8.01. The lowest BCUT2D eigenvalue weighted by molar-refractivity contribution is -0.139. The molecule has 0 saturated carbocycles. The zero-order chi connectivity index (χ0) is 33.2. The highest BCUT2D eigenvalue weighted by Gasteiger charge is 2.17. The van der Waals surface area contributed by atoms with Gasteiger partial charge in [-0.15, -0.1) is 10.2 Å². The van der Waals surface area contributed by atoms with Crippen molar-refractivity contribution < 1.29 is 35.6 Å². The number of carboxylic acids is 1. The van der Waals surface area contributed by atoms with E-state index in [0.29, 0.717) is 25.8 Å². The summed E-state index contributed by atoms with van der Waals surface area (Å²) in [4.78, 5) is 46.6. The molecule has 0 aliphatic rings. The fourth-order valence-corrected chi connectivity index (χ4v) is 6.57. The Labute approximate surface area is 272 Å². The van der Waals surface area contributed by atoms with Gasteiger partial charge in [0, 0.05) is 41.0 Å². The normalized spacial score (nSPS) is 12.2. The molecule has 0 saturated heterocycles. The van der Waals surface area contributed by atoms with Crippen molar-refractivity contribution in [1.82, 2.24) is 25.9 Å². The van der Waals surface area contributed by atoms with Crippen LogP contribution in [0.1, 0.15) is 150 Å². The topological polar surface area (TPSA) is 189 Å². The lowest BCUT2D eigenvalue weighted by Gasteiger charge is -2.10. The summed E-state index contributed by atoms with van der Waals surface area (Å²) in [5, 5.41) is 25.4. The van der Waals surface area contributed by atoms with Crippen LogP contribution in [-0.4, -0.2) is 75.6 Å². The number of amides is 1. The fourth-order valence-electron chi connectivity index (χ4n) is 5.21. The van der Waals surface area contributed by atoms with Crippen molar-refractivity contribution in [3.8, 4) is 0 Å². The molecule has 1 amide bonds. The van der Waals surface area contributed by atoms with Gasteiger partial charge in [-0.3, -0.25) is 19.2 Å². The summed E-state index contributed by atoms with van der Waals surface area (Å²) in [5.74, 6) is -1.56.